The summed E-state index contributed by atoms with van der Waals surface area (Å²) < 4.78 is 0. The molecule has 1 rings (SSSR count). The first-order valence-corrected chi connectivity index (χ1v) is 5.79. The summed E-state index contributed by atoms with van der Waals surface area (Å²) in [4.78, 5) is 9.11. The predicted molar refractivity (Wildman–Crippen MR) is 71.0 cm³/mol. The van der Waals surface area contributed by atoms with Crippen LogP contribution in [0.3, 0.4) is 0 Å². The van der Waals surface area contributed by atoms with E-state index in [2.05, 4.69) is 41.4 Å². The van der Waals surface area contributed by atoms with E-state index >= 15 is 0 Å². The van der Waals surface area contributed by atoms with E-state index in [1.807, 2.05) is 14.0 Å². The summed E-state index contributed by atoms with van der Waals surface area (Å²) in [6.07, 6.45) is 2.10. The van der Waals surface area contributed by atoms with Crippen LogP contribution < -0.4 is 0 Å². The quantitative estimate of drug-likeness (QED) is 0.402. The Hall–Kier alpha value is -1.09. The molecule has 0 aromatic rings. The van der Waals surface area contributed by atoms with Crippen molar-refractivity contribution in [1.29, 1.82) is 0 Å². The minimum Gasteiger partial charge on any atom is -0.354 e. The second-order valence-corrected chi connectivity index (χ2v) is 4.51. The Labute approximate surface area is 99.1 Å². The van der Waals surface area contributed by atoms with E-state index < -0.39 is 0 Å². The normalized spacial score (nSPS) is 20.1. The molecule has 0 spiro atoms. The highest BCUT2D eigenvalue weighted by atomic mass is 15.3. The summed E-state index contributed by atoms with van der Waals surface area (Å²) >= 11 is 0. The second kappa shape index (κ2) is 5.85. The van der Waals surface area contributed by atoms with Gasteiger partial charge >= 0.3 is 0 Å². The fourth-order valence-corrected chi connectivity index (χ4v) is 2.02. The lowest BCUT2D eigenvalue weighted by molar-refractivity contribution is 0.215. The maximum absolute atomic E-state index is 4.40. The van der Waals surface area contributed by atoms with Crippen molar-refractivity contribution >= 4 is 5.84 Å². The molecule has 1 saturated heterocycles. The number of likely N-dealkylation sites (N-methyl/N-ethyl adjacent to an activating group) is 1. The SMILES string of the molecule is C=C(C)/C=C(/C)C(=NC)N1CCN(C)CC1. The largest absolute Gasteiger partial charge is 0.354 e. The highest BCUT2D eigenvalue weighted by molar-refractivity contribution is 5.98. The fraction of sp³-hybridized carbons (Fsp3) is 0.615. The molecule has 0 aromatic heterocycles. The lowest BCUT2D eigenvalue weighted by Gasteiger charge is -2.34. The van der Waals surface area contributed by atoms with Gasteiger partial charge in [0.2, 0.25) is 0 Å². The van der Waals surface area contributed by atoms with E-state index in [1.165, 1.54) is 5.57 Å². The van der Waals surface area contributed by atoms with Crippen LogP contribution in [-0.4, -0.2) is 55.9 Å². The van der Waals surface area contributed by atoms with Gasteiger partial charge in [0.25, 0.3) is 0 Å². The molecule has 1 aliphatic rings. The topological polar surface area (TPSA) is 18.8 Å². The molecule has 0 amide bonds. The van der Waals surface area contributed by atoms with Crippen molar-refractivity contribution in [2.75, 3.05) is 40.3 Å². The lowest BCUT2D eigenvalue weighted by atomic mass is 10.1. The first-order chi connectivity index (χ1) is 7.54. The molecule has 1 heterocycles. The van der Waals surface area contributed by atoms with Gasteiger partial charge in [0.05, 0.1) is 0 Å². The highest BCUT2D eigenvalue weighted by Gasteiger charge is 2.17. The van der Waals surface area contributed by atoms with E-state index in [4.69, 9.17) is 0 Å². The highest BCUT2D eigenvalue weighted by Crippen LogP contribution is 2.09. The van der Waals surface area contributed by atoms with Crippen molar-refractivity contribution in [3.63, 3.8) is 0 Å². The maximum atomic E-state index is 4.40. The summed E-state index contributed by atoms with van der Waals surface area (Å²) in [5, 5.41) is 0. The zero-order chi connectivity index (χ0) is 12.1. The van der Waals surface area contributed by atoms with Gasteiger partial charge in [-0.2, -0.15) is 0 Å². The molecule has 3 nitrogen and oxygen atoms in total. The Morgan fingerprint density at radius 1 is 1.19 bits per heavy atom. The van der Waals surface area contributed by atoms with Gasteiger partial charge in [-0.15, -0.1) is 0 Å². The summed E-state index contributed by atoms with van der Waals surface area (Å²) in [6, 6.07) is 0. The van der Waals surface area contributed by atoms with Crippen molar-refractivity contribution in [3.8, 4) is 0 Å². The Bertz CT molecular complexity index is 307. The molecule has 1 fully saturated rings. The van der Waals surface area contributed by atoms with Crippen molar-refractivity contribution in [1.82, 2.24) is 9.80 Å². The fourth-order valence-electron chi connectivity index (χ4n) is 2.02. The molecule has 3 heteroatoms. The van der Waals surface area contributed by atoms with Gasteiger partial charge in [0.15, 0.2) is 0 Å². The molecular weight excluding hydrogens is 198 g/mol. The van der Waals surface area contributed by atoms with Gasteiger partial charge in [0.1, 0.15) is 5.84 Å². The van der Waals surface area contributed by atoms with Gasteiger partial charge in [0, 0.05) is 33.2 Å². The third-order valence-electron chi connectivity index (χ3n) is 2.83. The zero-order valence-corrected chi connectivity index (χ0v) is 11.0. The first kappa shape index (κ1) is 13.0. The van der Waals surface area contributed by atoms with Gasteiger partial charge in [-0.3, -0.25) is 4.99 Å². The summed E-state index contributed by atoms with van der Waals surface area (Å²) in [7, 11) is 4.03. The monoisotopic (exact) mass is 221 g/mol. The molecule has 0 aliphatic carbocycles. The summed E-state index contributed by atoms with van der Waals surface area (Å²) in [5.41, 5.74) is 2.28. The molecule has 0 aromatic carbocycles. The Balaban J connectivity index is 2.72. The molecule has 0 saturated carbocycles. The van der Waals surface area contributed by atoms with Crippen molar-refractivity contribution < 1.29 is 0 Å². The number of aliphatic imine (C=N–C) groups is 1. The van der Waals surface area contributed by atoms with Crippen molar-refractivity contribution in [2.24, 2.45) is 4.99 Å². The van der Waals surface area contributed by atoms with E-state index in [0.717, 1.165) is 37.6 Å². The van der Waals surface area contributed by atoms with Crippen LogP contribution in [0.2, 0.25) is 0 Å². The molecule has 0 atom stereocenters. The second-order valence-electron chi connectivity index (χ2n) is 4.51. The number of hydrogen-bond donors (Lipinski definition) is 0. The van der Waals surface area contributed by atoms with Crippen LogP contribution in [-0.2, 0) is 0 Å². The molecule has 16 heavy (non-hydrogen) atoms. The molecule has 0 N–H and O–H groups in total. The minimum absolute atomic E-state index is 1.06. The minimum atomic E-state index is 1.06. The van der Waals surface area contributed by atoms with Crippen LogP contribution in [0.4, 0.5) is 0 Å². The average Bonchev–Trinajstić information content (AvgIpc) is 2.21. The molecule has 0 unspecified atom stereocenters. The standard InChI is InChI=1S/C13H23N3/c1-11(2)10-12(3)13(14-4)16-8-6-15(5)7-9-16/h10H,1,6-9H2,2-5H3/b12-10-,14-13?. The van der Waals surface area contributed by atoms with E-state index in [1.54, 1.807) is 0 Å². The van der Waals surface area contributed by atoms with E-state index in [9.17, 15) is 0 Å². The average molecular weight is 221 g/mol. The zero-order valence-electron chi connectivity index (χ0n) is 11.0. The Kier molecular flexibility index (Phi) is 4.74. The lowest BCUT2D eigenvalue weighted by Crippen LogP contribution is -2.47. The first-order valence-electron chi connectivity index (χ1n) is 5.79. The number of nitrogens with zero attached hydrogens (tertiary/aromatic N) is 3. The summed E-state index contributed by atoms with van der Waals surface area (Å²) in [6.45, 7) is 12.4. The van der Waals surface area contributed by atoms with E-state index in [0.29, 0.717) is 0 Å². The van der Waals surface area contributed by atoms with Crippen molar-refractivity contribution in [2.45, 2.75) is 13.8 Å². The summed E-state index contributed by atoms with van der Waals surface area (Å²) in [5.74, 6) is 1.11. The number of rotatable bonds is 2. The Morgan fingerprint density at radius 2 is 1.75 bits per heavy atom. The van der Waals surface area contributed by atoms with Crippen LogP contribution in [0.15, 0.2) is 28.8 Å². The number of piperazine rings is 1. The smallest absolute Gasteiger partial charge is 0.126 e. The van der Waals surface area contributed by atoms with Crippen molar-refractivity contribution in [3.05, 3.63) is 23.8 Å². The Morgan fingerprint density at radius 3 is 2.19 bits per heavy atom. The molecule has 0 bridgehead atoms. The number of allylic oxidation sites excluding steroid dienone is 2. The van der Waals surface area contributed by atoms with Gasteiger partial charge in [-0.25, -0.2) is 0 Å². The van der Waals surface area contributed by atoms with Gasteiger partial charge in [-0.1, -0.05) is 18.2 Å². The molecule has 1 aliphatic heterocycles. The molecule has 0 radical (unpaired) electrons. The van der Waals surface area contributed by atoms with Crippen LogP contribution in [0.25, 0.3) is 0 Å². The van der Waals surface area contributed by atoms with E-state index in [-0.39, 0.29) is 0 Å². The maximum Gasteiger partial charge on any atom is 0.126 e. The third-order valence-corrected chi connectivity index (χ3v) is 2.83. The van der Waals surface area contributed by atoms with Gasteiger partial charge in [-0.05, 0) is 26.5 Å². The van der Waals surface area contributed by atoms with Crippen LogP contribution >= 0.6 is 0 Å². The predicted octanol–water partition coefficient (Wildman–Crippen LogP) is 1.78. The van der Waals surface area contributed by atoms with Gasteiger partial charge < -0.3 is 9.80 Å². The van der Waals surface area contributed by atoms with Crippen LogP contribution in [0.5, 0.6) is 0 Å². The molecular formula is C13H23N3. The molecule has 90 valence electrons. The number of hydrogen-bond acceptors (Lipinski definition) is 2. The van der Waals surface area contributed by atoms with Crippen LogP contribution in [0.1, 0.15) is 13.8 Å². The van der Waals surface area contributed by atoms with Crippen LogP contribution in [0, 0.1) is 0 Å². The third kappa shape index (κ3) is 3.49. The number of amidine groups is 1.